The van der Waals surface area contributed by atoms with Gasteiger partial charge in [-0.3, -0.25) is 0 Å². The zero-order valence-electron chi connectivity index (χ0n) is 10.0. The smallest absolute Gasteiger partial charge is 0.186 e. The highest BCUT2D eigenvalue weighted by Crippen LogP contribution is 2.38. The van der Waals surface area contributed by atoms with Gasteiger partial charge in [0.15, 0.2) is 6.29 Å². The summed E-state index contributed by atoms with van der Waals surface area (Å²) in [5, 5.41) is 10.0. The molecule has 0 amide bonds. The highest BCUT2D eigenvalue weighted by molar-refractivity contribution is 7.98. The average Bonchev–Trinajstić information content (AvgIpc) is 3.02. The molecule has 18 heavy (non-hydrogen) atoms. The van der Waals surface area contributed by atoms with Gasteiger partial charge in [0.25, 0.3) is 0 Å². The monoisotopic (exact) mass is 272 g/mol. The van der Waals surface area contributed by atoms with Crippen molar-refractivity contribution in [3.63, 3.8) is 0 Å². The second-order valence-electron chi connectivity index (χ2n) is 4.43. The van der Waals surface area contributed by atoms with Crippen molar-refractivity contribution in [3.05, 3.63) is 24.2 Å². The van der Waals surface area contributed by atoms with Crippen molar-refractivity contribution in [1.82, 2.24) is 0 Å². The topological polar surface area (TPSA) is 64.4 Å². The Kier molecular flexibility index (Phi) is 3.63. The number of hydrogen-bond acceptors (Lipinski definition) is 6. The molecule has 5 atom stereocenters. The van der Waals surface area contributed by atoms with E-state index < -0.39 is 6.10 Å². The number of rotatable bonds is 5. The van der Waals surface area contributed by atoms with Gasteiger partial charge in [0.2, 0.25) is 0 Å². The highest BCUT2D eigenvalue weighted by atomic mass is 32.2. The zero-order valence-corrected chi connectivity index (χ0v) is 10.8. The van der Waals surface area contributed by atoms with E-state index in [2.05, 4.69) is 0 Å². The Labute approximate surface area is 109 Å². The van der Waals surface area contributed by atoms with Gasteiger partial charge in [-0.15, -0.1) is 0 Å². The molecule has 0 aromatic carbocycles. The third-order valence-corrected chi connectivity index (χ3v) is 4.25. The van der Waals surface area contributed by atoms with E-state index in [1.165, 1.54) is 0 Å². The molecule has 2 saturated heterocycles. The Morgan fingerprint density at radius 2 is 2.28 bits per heavy atom. The minimum atomic E-state index is -0.564. The number of hydrogen-bond donors (Lipinski definition) is 1. The molecule has 0 spiro atoms. The predicted molar refractivity (Wildman–Crippen MR) is 65.2 cm³/mol. The van der Waals surface area contributed by atoms with E-state index in [9.17, 15) is 5.11 Å². The second-order valence-corrected chi connectivity index (χ2v) is 5.46. The average molecular weight is 272 g/mol. The number of furan rings is 1. The Bertz CT molecular complexity index is 382. The van der Waals surface area contributed by atoms with Crippen LogP contribution in [0.3, 0.4) is 0 Å². The number of methoxy groups -OCH3 is 1. The Hall–Kier alpha value is -0.530. The van der Waals surface area contributed by atoms with Crippen LogP contribution in [0.5, 0.6) is 0 Å². The van der Waals surface area contributed by atoms with Crippen LogP contribution in [0, 0.1) is 0 Å². The Morgan fingerprint density at radius 1 is 1.39 bits per heavy atom. The van der Waals surface area contributed by atoms with Crippen LogP contribution in [0.1, 0.15) is 5.76 Å². The molecule has 3 heterocycles. The fraction of sp³-hybridized carbons (Fsp3) is 0.667. The van der Waals surface area contributed by atoms with E-state index >= 15 is 0 Å². The maximum Gasteiger partial charge on any atom is 0.186 e. The first-order chi connectivity index (χ1) is 8.79. The Balaban J connectivity index is 1.49. The molecule has 3 rings (SSSR count). The molecule has 2 aliphatic rings. The van der Waals surface area contributed by atoms with Gasteiger partial charge >= 0.3 is 0 Å². The van der Waals surface area contributed by atoms with Gasteiger partial charge in [-0.2, -0.15) is 11.8 Å². The quantitative estimate of drug-likeness (QED) is 0.807. The maximum atomic E-state index is 10.0. The molecule has 5 nitrogen and oxygen atoms in total. The van der Waals surface area contributed by atoms with Crippen molar-refractivity contribution < 1.29 is 23.7 Å². The summed E-state index contributed by atoms with van der Waals surface area (Å²) in [4.78, 5) is 0. The number of fused-ring (bicyclic) bond motifs is 1. The summed E-state index contributed by atoms with van der Waals surface area (Å²) in [6.07, 6.45) is 0.261. The fourth-order valence-corrected chi connectivity index (χ4v) is 3.16. The van der Waals surface area contributed by atoms with Crippen molar-refractivity contribution in [3.8, 4) is 0 Å². The molecule has 0 saturated carbocycles. The summed E-state index contributed by atoms with van der Waals surface area (Å²) in [6, 6.07) is 3.80. The number of aliphatic hydroxyl groups excluding tert-OH is 1. The van der Waals surface area contributed by atoms with Crippen LogP contribution in [0.2, 0.25) is 0 Å². The largest absolute Gasteiger partial charge is 0.468 e. The van der Waals surface area contributed by atoms with E-state index in [-0.39, 0.29) is 24.6 Å². The Morgan fingerprint density at radius 3 is 3.00 bits per heavy atom. The third kappa shape index (κ3) is 2.44. The van der Waals surface area contributed by atoms with Gasteiger partial charge < -0.3 is 23.7 Å². The molecule has 6 heteroatoms. The number of ether oxygens (including phenoxy) is 3. The molecule has 0 radical (unpaired) electrons. The molecule has 2 aliphatic heterocycles. The van der Waals surface area contributed by atoms with Crippen molar-refractivity contribution in [2.24, 2.45) is 0 Å². The number of thioether (sulfide) groups is 1. The van der Waals surface area contributed by atoms with E-state index in [0.29, 0.717) is 5.75 Å². The van der Waals surface area contributed by atoms with Crippen LogP contribution in [0.15, 0.2) is 22.8 Å². The molecule has 1 aromatic heterocycles. The molecule has 0 aliphatic carbocycles. The van der Waals surface area contributed by atoms with Crippen molar-refractivity contribution in [2.75, 3.05) is 12.9 Å². The number of epoxide rings is 1. The molecule has 1 N–H and O–H groups in total. The second kappa shape index (κ2) is 5.22. The van der Waals surface area contributed by atoms with Crippen LogP contribution in [-0.2, 0) is 20.0 Å². The first kappa shape index (κ1) is 12.5. The van der Waals surface area contributed by atoms with Crippen molar-refractivity contribution in [2.45, 2.75) is 36.5 Å². The predicted octanol–water partition coefficient (Wildman–Crippen LogP) is 1.01. The lowest BCUT2D eigenvalue weighted by Crippen LogP contribution is -2.46. The standard InChI is InChI=1S/C12H16O5S/c1-14-12-11-10(17-11)9(13)8(16-12)6-18-5-7-3-2-4-15-7/h2-4,8-13H,5-6H2,1H3/t8-,9-,10-,11-,12+/m1/s1. The van der Waals surface area contributed by atoms with E-state index in [1.54, 1.807) is 25.1 Å². The minimum absolute atomic E-state index is 0.101. The van der Waals surface area contributed by atoms with Crippen LogP contribution in [0.25, 0.3) is 0 Å². The SMILES string of the molecule is CO[C@H]1O[C@H](CSCc2ccco2)[C@@H](O)[C@H]2O[C@@H]12. The number of aliphatic hydroxyl groups is 1. The lowest BCUT2D eigenvalue weighted by atomic mass is 10.1. The minimum Gasteiger partial charge on any atom is -0.468 e. The molecule has 0 bridgehead atoms. The molecule has 2 fully saturated rings. The highest BCUT2D eigenvalue weighted by Gasteiger charge is 2.57. The molecule has 1 aromatic rings. The normalized spacial score (nSPS) is 38.4. The van der Waals surface area contributed by atoms with Gasteiger partial charge in [-0.25, -0.2) is 0 Å². The third-order valence-electron chi connectivity index (χ3n) is 3.19. The summed E-state index contributed by atoms with van der Waals surface area (Å²) in [6.45, 7) is 0. The van der Waals surface area contributed by atoms with Crippen LogP contribution in [0.4, 0.5) is 0 Å². The molecular formula is C12H16O5S. The molecule has 0 unspecified atom stereocenters. The van der Waals surface area contributed by atoms with Gasteiger partial charge in [-0.05, 0) is 12.1 Å². The van der Waals surface area contributed by atoms with Crippen LogP contribution < -0.4 is 0 Å². The fourth-order valence-electron chi connectivity index (χ4n) is 2.17. The van der Waals surface area contributed by atoms with Gasteiger partial charge in [0.05, 0.1) is 18.1 Å². The summed E-state index contributed by atoms with van der Waals surface area (Å²) >= 11 is 1.66. The molecule has 100 valence electrons. The van der Waals surface area contributed by atoms with Crippen LogP contribution in [-0.4, -0.2) is 48.7 Å². The van der Waals surface area contributed by atoms with Gasteiger partial charge in [0.1, 0.15) is 24.1 Å². The zero-order chi connectivity index (χ0) is 12.5. The summed E-state index contributed by atoms with van der Waals surface area (Å²) in [5.41, 5.74) is 0. The van der Waals surface area contributed by atoms with Gasteiger partial charge in [-0.1, -0.05) is 0 Å². The van der Waals surface area contributed by atoms with E-state index in [4.69, 9.17) is 18.6 Å². The van der Waals surface area contributed by atoms with E-state index in [0.717, 1.165) is 11.5 Å². The lowest BCUT2D eigenvalue weighted by molar-refractivity contribution is -0.192. The van der Waals surface area contributed by atoms with Crippen LogP contribution >= 0.6 is 11.8 Å². The van der Waals surface area contributed by atoms with E-state index in [1.807, 2.05) is 12.1 Å². The maximum absolute atomic E-state index is 10.0. The summed E-state index contributed by atoms with van der Waals surface area (Å²) in [7, 11) is 1.59. The first-order valence-electron chi connectivity index (χ1n) is 5.91. The lowest BCUT2D eigenvalue weighted by Gasteiger charge is -2.29. The van der Waals surface area contributed by atoms with Crippen molar-refractivity contribution in [1.29, 1.82) is 0 Å². The van der Waals surface area contributed by atoms with Gasteiger partial charge in [0, 0.05) is 12.9 Å². The van der Waals surface area contributed by atoms with Crippen molar-refractivity contribution >= 4 is 11.8 Å². The molecular weight excluding hydrogens is 256 g/mol. The summed E-state index contributed by atoms with van der Waals surface area (Å²) in [5.74, 6) is 2.38. The first-order valence-corrected chi connectivity index (χ1v) is 7.07. The summed E-state index contributed by atoms with van der Waals surface area (Å²) < 4.78 is 21.5.